The summed E-state index contributed by atoms with van der Waals surface area (Å²) in [6.45, 7) is 0.810. The van der Waals surface area contributed by atoms with Crippen LogP contribution in [0.3, 0.4) is 0 Å². The van der Waals surface area contributed by atoms with Crippen LogP contribution in [0.2, 0.25) is 0 Å². The van der Waals surface area contributed by atoms with Crippen LogP contribution in [0.4, 0.5) is 0 Å². The van der Waals surface area contributed by atoms with Crippen molar-refractivity contribution < 1.29 is 17.9 Å². The van der Waals surface area contributed by atoms with Crippen molar-refractivity contribution in [3.63, 3.8) is 0 Å². The van der Waals surface area contributed by atoms with E-state index < -0.39 is 10.0 Å². The number of amidine groups is 1. The summed E-state index contributed by atoms with van der Waals surface area (Å²) >= 11 is 0. The lowest BCUT2D eigenvalue weighted by molar-refractivity contribution is -0.118. The van der Waals surface area contributed by atoms with Gasteiger partial charge in [0.05, 0.1) is 24.0 Å². The maximum atomic E-state index is 12.8. The maximum Gasteiger partial charge on any atom is 0.256 e. The van der Waals surface area contributed by atoms with Crippen LogP contribution >= 0.6 is 0 Å². The molecule has 1 unspecified atom stereocenters. The quantitative estimate of drug-likeness (QED) is 0.855. The monoisotopic (exact) mass is 359 g/mol. The zero-order valence-corrected chi connectivity index (χ0v) is 14.2. The van der Waals surface area contributed by atoms with Crippen molar-refractivity contribution in [3.05, 3.63) is 53.8 Å². The van der Waals surface area contributed by atoms with E-state index in [1.54, 1.807) is 23.3 Å². The van der Waals surface area contributed by atoms with Crippen LogP contribution in [-0.2, 0) is 14.8 Å². The minimum Gasteiger partial charge on any atom is -0.493 e. The molecule has 3 aliphatic heterocycles. The second-order valence-corrected chi connectivity index (χ2v) is 7.77. The van der Waals surface area contributed by atoms with E-state index in [9.17, 15) is 13.2 Å². The third-order valence-corrected chi connectivity index (χ3v) is 5.52. The summed E-state index contributed by atoms with van der Waals surface area (Å²) in [5.74, 6) is 0.553. The van der Waals surface area contributed by atoms with Crippen LogP contribution in [0.1, 0.15) is 18.0 Å². The third kappa shape index (κ3) is 3.05. The number of nitrogens with one attached hydrogen (secondary N) is 1. The fourth-order valence-corrected chi connectivity index (χ4v) is 4.11. The number of carbonyl (C=O) groups excluding carboxylic acids is 1. The van der Waals surface area contributed by atoms with E-state index in [1.165, 1.54) is 0 Å². The Kier molecular flexibility index (Phi) is 3.84. The molecule has 0 saturated carbocycles. The van der Waals surface area contributed by atoms with Gasteiger partial charge >= 0.3 is 0 Å². The number of para-hydroxylation sites is 1. The number of amides is 1. The Bertz CT molecular complexity index is 918. The molecule has 0 bridgehead atoms. The average Bonchev–Trinajstić information content (AvgIpc) is 2.61. The van der Waals surface area contributed by atoms with Crippen molar-refractivity contribution in [2.75, 3.05) is 18.9 Å². The van der Waals surface area contributed by atoms with Gasteiger partial charge in [-0.15, -0.1) is 4.40 Å². The molecule has 1 atom stereocenters. The molecule has 1 aromatic carbocycles. The van der Waals surface area contributed by atoms with Crippen molar-refractivity contribution in [1.29, 1.82) is 0 Å². The molecule has 8 heteroatoms. The smallest absolute Gasteiger partial charge is 0.256 e. The summed E-state index contributed by atoms with van der Waals surface area (Å²) in [5.41, 5.74) is 1.18. The van der Waals surface area contributed by atoms with Gasteiger partial charge in [0.25, 0.3) is 15.9 Å². The highest BCUT2D eigenvalue weighted by molar-refractivity contribution is 7.90. The molecule has 1 aromatic rings. The van der Waals surface area contributed by atoms with Gasteiger partial charge in [0, 0.05) is 24.7 Å². The highest BCUT2D eigenvalue weighted by Gasteiger charge is 2.31. The normalized spacial score (nSPS) is 23.5. The Morgan fingerprint density at radius 1 is 1.32 bits per heavy atom. The Hall–Kier alpha value is -2.61. The molecular weight excluding hydrogens is 342 g/mol. The Labute approximate surface area is 145 Å². The van der Waals surface area contributed by atoms with Crippen LogP contribution in [-0.4, -0.2) is 44.0 Å². The number of hydrogen-bond donors (Lipinski definition) is 1. The summed E-state index contributed by atoms with van der Waals surface area (Å²) in [6, 6.07) is 7.39. The minimum atomic E-state index is -3.53. The Morgan fingerprint density at radius 3 is 3.04 bits per heavy atom. The molecule has 0 spiro atoms. The lowest BCUT2D eigenvalue weighted by Crippen LogP contribution is -2.43. The first-order valence-electron chi connectivity index (χ1n) is 8.04. The number of fused-ring (bicyclic) bond motifs is 2. The zero-order chi connectivity index (χ0) is 17.4. The van der Waals surface area contributed by atoms with Crippen molar-refractivity contribution in [1.82, 2.24) is 10.2 Å². The van der Waals surface area contributed by atoms with Gasteiger partial charge in [0.1, 0.15) is 5.75 Å². The van der Waals surface area contributed by atoms with Gasteiger partial charge in [0.2, 0.25) is 0 Å². The van der Waals surface area contributed by atoms with Crippen molar-refractivity contribution in [2.24, 2.45) is 4.40 Å². The number of hydrogen-bond acceptors (Lipinski definition) is 5. The second kappa shape index (κ2) is 6.03. The van der Waals surface area contributed by atoms with E-state index in [0.29, 0.717) is 19.6 Å². The molecule has 0 radical (unpaired) electrons. The van der Waals surface area contributed by atoms with E-state index >= 15 is 0 Å². The van der Waals surface area contributed by atoms with E-state index in [0.717, 1.165) is 11.3 Å². The van der Waals surface area contributed by atoms with Crippen LogP contribution in [0.5, 0.6) is 5.75 Å². The first kappa shape index (κ1) is 15.9. The molecule has 0 saturated heterocycles. The Balaban J connectivity index is 1.61. The van der Waals surface area contributed by atoms with Crippen LogP contribution < -0.4 is 10.1 Å². The lowest BCUT2D eigenvalue weighted by Gasteiger charge is -2.30. The van der Waals surface area contributed by atoms with Crippen LogP contribution in [0.15, 0.2) is 52.6 Å². The minimum absolute atomic E-state index is 0.0525. The van der Waals surface area contributed by atoms with Gasteiger partial charge in [-0.05, 0) is 18.2 Å². The van der Waals surface area contributed by atoms with Crippen molar-refractivity contribution in [3.8, 4) is 5.75 Å². The summed E-state index contributed by atoms with van der Waals surface area (Å²) in [4.78, 5) is 14.5. The SMILES string of the molecule is O=C(NC1CCOc2ccccc21)C1=CC=CN2CCS(=O)(=O)N=C12. The number of sulfonamides is 1. The molecule has 0 aliphatic carbocycles. The molecule has 0 fully saturated rings. The topological polar surface area (TPSA) is 88.1 Å². The van der Waals surface area contributed by atoms with Gasteiger partial charge in [-0.2, -0.15) is 0 Å². The van der Waals surface area contributed by atoms with Gasteiger partial charge in [-0.3, -0.25) is 4.79 Å². The van der Waals surface area contributed by atoms with Crippen LogP contribution in [0.25, 0.3) is 0 Å². The predicted octanol–water partition coefficient (Wildman–Crippen LogP) is 1.12. The average molecular weight is 359 g/mol. The van der Waals surface area contributed by atoms with Crippen molar-refractivity contribution in [2.45, 2.75) is 12.5 Å². The van der Waals surface area contributed by atoms with Gasteiger partial charge in [-0.1, -0.05) is 18.2 Å². The number of ether oxygens (including phenoxy) is 1. The number of rotatable bonds is 2. The molecule has 1 N–H and O–H groups in total. The molecule has 3 aliphatic rings. The summed E-state index contributed by atoms with van der Waals surface area (Å²) in [6.07, 6.45) is 5.70. The summed E-state index contributed by atoms with van der Waals surface area (Å²) in [5, 5.41) is 2.98. The van der Waals surface area contributed by atoms with E-state index in [-0.39, 0.29) is 29.1 Å². The standard InChI is InChI=1S/C17H17N3O4S/c21-17(18-14-7-10-24-15-6-2-1-4-12(14)15)13-5-3-8-20-9-11-25(22,23)19-16(13)20/h1-6,8,14H,7,9-11H2,(H,18,21). The molecule has 1 amide bonds. The highest BCUT2D eigenvalue weighted by Crippen LogP contribution is 2.32. The molecule has 25 heavy (non-hydrogen) atoms. The number of nitrogens with zero attached hydrogens (tertiary/aromatic N) is 2. The molecule has 4 rings (SSSR count). The van der Waals surface area contributed by atoms with E-state index in [4.69, 9.17) is 4.74 Å². The summed E-state index contributed by atoms with van der Waals surface area (Å²) in [7, 11) is -3.53. The predicted molar refractivity (Wildman–Crippen MR) is 92.6 cm³/mol. The van der Waals surface area contributed by atoms with E-state index in [1.807, 2.05) is 24.3 Å². The summed E-state index contributed by atoms with van der Waals surface area (Å²) < 4.78 is 33.0. The van der Waals surface area contributed by atoms with Gasteiger partial charge < -0.3 is 15.0 Å². The lowest BCUT2D eigenvalue weighted by atomic mass is 10.00. The second-order valence-electron chi connectivity index (χ2n) is 6.02. The first-order valence-corrected chi connectivity index (χ1v) is 9.65. The fraction of sp³-hybridized carbons (Fsp3) is 0.294. The van der Waals surface area contributed by atoms with Crippen molar-refractivity contribution >= 4 is 21.8 Å². The first-order chi connectivity index (χ1) is 12.0. The largest absolute Gasteiger partial charge is 0.493 e. The molecule has 3 heterocycles. The number of benzene rings is 1. The maximum absolute atomic E-state index is 12.8. The molecule has 7 nitrogen and oxygen atoms in total. The van der Waals surface area contributed by atoms with Crippen LogP contribution in [0, 0.1) is 0 Å². The fourth-order valence-electron chi connectivity index (χ4n) is 3.12. The number of carbonyl (C=O) groups is 1. The zero-order valence-electron chi connectivity index (χ0n) is 13.4. The van der Waals surface area contributed by atoms with Gasteiger partial charge in [-0.25, -0.2) is 8.42 Å². The molecular formula is C17H17N3O4S. The number of allylic oxidation sites excluding steroid dienone is 2. The molecule has 0 aromatic heterocycles. The highest BCUT2D eigenvalue weighted by atomic mass is 32.2. The van der Waals surface area contributed by atoms with E-state index in [2.05, 4.69) is 9.71 Å². The molecule has 130 valence electrons. The van der Waals surface area contributed by atoms with Gasteiger partial charge in [0.15, 0.2) is 5.84 Å². The third-order valence-electron chi connectivity index (χ3n) is 4.37. The Morgan fingerprint density at radius 2 is 2.16 bits per heavy atom.